The predicted octanol–water partition coefficient (Wildman–Crippen LogP) is 6.28. The van der Waals surface area contributed by atoms with E-state index >= 15 is 0 Å². The third kappa shape index (κ3) is 6.78. The Morgan fingerprint density at radius 1 is 1.05 bits per heavy atom. The summed E-state index contributed by atoms with van der Waals surface area (Å²) in [5.41, 5.74) is 1.46. The Kier molecular flexibility index (Phi) is 8.67. The molecule has 2 aromatic rings. The number of amides is 1. The number of aryl methyl sites for hydroxylation is 1. The number of piperidine rings is 1. The van der Waals surface area contributed by atoms with Gasteiger partial charge in [0.2, 0.25) is 5.91 Å². The van der Waals surface area contributed by atoms with E-state index in [4.69, 9.17) is 16.3 Å². The van der Waals surface area contributed by atoms with Gasteiger partial charge in [-0.15, -0.1) is 0 Å². The number of hydrogen-bond acceptors (Lipinski definition) is 4. The van der Waals surface area contributed by atoms with Gasteiger partial charge in [0.05, 0.1) is 18.2 Å². The number of nitrogens with one attached hydrogen (secondary N) is 1. The molecule has 4 rings (SSSR count). The molecule has 1 aliphatic heterocycles. The number of anilines is 1. The van der Waals surface area contributed by atoms with Crippen LogP contribution in [0.3, 0.4) is 0 Å². The maximum atomic E-state index is 13.1. The Morgan fingerprint density at radius 2 is 1.76 bits per heavy atom. The summed E-state index contributed by atoms with van der Waals surface area (Å²) in [6.45, 7) is 1.26. The number of ether oxygens (including phenoxy) is 1. The number of carbonyl (C=O) groups is 2. The number of halogens is 4. The van der Waals surface area contributed by atoms with Crippen molar-refractivity contribution in [3.63, 3.8) is 0 Å². The van der Waals surface area contributed by atoms with Gasteiger partial charge in [0.15, 0.2) is 0 Å². The van der Waals surface area contributed by atoms with E-state index < -0.39 is 11.7 Å². The molecule has 37 heavy (non-hydrogen) atoms. The number of esters is 1. The molecule has 1 heterocycles. The summed E-state index contributed by atoms with van der Waals surface area (Å²) in [6.07, 6.45) is 1.48. The van der Waals surface area contributed by atoms with Crippen molar-refractivity contribution in [1.29, 1.82) is 0 Å². The smallest absolute Gasteiger partial charge is 0.416 e. The van der Waals surface area contributed by atoms with Gasteiger partial charge in [-0.3, -0.25) is 4.79 Å². The lowest BCUT2D eigenvalue weighted by Crippen LogP contribution is -2.45. The van der Waals surface area contributed by atoms with Gasteiger partial charge in [0.25, 0.3) is 0 Å². The maximum Gasteiger partial charge on any atom is 0.416 e. The molecule has 1 saturated carbocycles. The SMILES string of the molecule is COC(=O)c1ccc(Cl)cc1CC[C@@H]1CCC[C@@H]1NC(=O)C1CCN(c2ccc(C(F)(F)F)cc2)CC1. The average molecular weight is 537 g/mol. The zero-order chi connectivity index (χ0) is 26.6. The molecular weight excluding hydrogens is 505 g/mol. The van der Waals surface area contributed by atoms with Crippen molar-refractivity contribution in [3.05, 3.63) is 64.2 Å². The Balaban J connectivity index is 1.29. The number of methoxy groups -OCH3 is 1. The molecule has 1 aliphatic carbocycles. The lowest BCUT2D eigenvalue weighted by molar-refractivity contribution is -0.137. The summed E-state index contributed by atoms with van der Waals surface area (Å²) in [5.74, 6) is -0.112. The molecule has 2 atom stereocenters. The first-order chi connectivity index (χ1) is 17.7. The fraction of sp³-hybridized carbons (Fsp3) is 0.500. The largest absolute Gasteiger partial charge is 0.465 e. The third-order valence-corrected chi connectivity index (χ3v) is 7.90. The Morgan fingerprint density at radius 3 is 2.41 bits per heavy atom. The van der Waals surface area contributed by atoms with Crippen LogP contribution in [-0.2, 0) is 22.1 Å². The maximum absolute atomic E-state index is 13.1. The predicted molar refractivity (Wildman–Crippen MR) is 137 cm³/mol. The van der Waals surface area contributed by atoms with Gasteiger partial charge in [0, 0.05) is 35.8 Å². The molecule has 200 valence electrons. The summed E-state index contributed by atoms with van der Waals surface area (Å²) in [4.78, 5) is 27.2. The molecule has 2 aliphatic rings. The second-order valence-corrected chi connectivity index (χ2v) is 10.4. The van der Waals surface area contributed by atoms with Crippen LogP contribution in [0.15, 0.2) is 42.5 Å². The monoisotopic (exact) mass is 536 g/mol. The van der Waals surface area contributed by atoms with E-state index in [9.17, 15) is 22.8 Å². The van der Waals surface area contributed by atoms with Gasteiger partial charge in [-0.05, 0) is 92.5 Å². The van der Waals surface area contributed by atoms with Gasteiger partial charge in [0.1, 0.15) is 0 Å². The first kappa shape index (κ1) is 27.3. The van der Waals surface area contributed by atoms with Gasteiger partial charge in [-0.25, -0.2) is 4.79 Å². The number of alkyl halides is 3. The molecule has 0 unspecified atom stereocenters. The van der Waals surface area contributed by atoms with Crippen LogP contribution in [0.25, 0.3) is 0 Å². The highest BCUT2D eigenvalue weighted by molar-refractivity contribution is 6.30. The lowest BCUT2D eigenvalue weighted by atomic mass is 9.91. The fourth-order valence-electron chi connectivity index (χ4n) is 5.55. The number of rotatable bonds is 7. The first-order valence-corrected chi connectivity index (χ1v) is 13.1. The molecule has 1 amide bonds. The van der Waals surface area contributed by atoms with Crippen LogP contribution in [0.1, 0.15) is 60.0 Å². The van der Waals surface area contributed by atoms with E-state index in [0.717, 1.165) is 49.1 Å². The van der Waals surface area contributed by atoms with E-state index in [2.05, 4.69) is 5.32 Å². The van der Waals surface area contributed by atoms with Gasteiger partial charge >= 0.3 is 12.1 Å². The molecule has 1 N–H and O–H groups in total. The number of hydrogen-bond donors (Lipinski definition) is 1. The average Bonchev–Trinajstić information content (AvgIpc) is 3.33. The van der Waals surface area contributed by atoms with Crippen molar-refractivity contribution in [2.24, 2.45) is 11.8 Å². The second-order valence-electron chi connectivity index (χ2n) is 9.94. The molecule has 2 fully saturated rings. The summed E-state index contributed by atoms with van der Waals surface area (Å²) in [7, 11) is 1.36. The zero-order valence-electron chi connectivity index (χ0n) is 20.8. The Hall–Kier alpha value is -2.74. The summed E-state index contributed by atoms with van der Waals surface area (Å²) >= 11 is 6.16. The van der Waals surface area contributed by atoms with Gasteiger partial charge in [-0.1, -0.05) is 18.0 Å². The summed E-state index contributed by atoms with van der Waals surface area (Å²) in [5, 5.41) is 3.84. The highest BCUT2D eigenvalue weighted by atomic mass is 35.5. The standard InChI is InChI=1S/C28H32ClF3N2O3/c1-37-27(36)24-12-9-22(29)17-20(24)6-5-18-3-2-4-25(18)33-26(35)19-13-15-34(16-14-19)23-10-7-21(8-11-23)28(30,31)32/h7-12,17-19,25H,2-6,13-16H2,1H3,(H,33,35)/t18-,25-/m0/s1. The summed E-state index contributed by atoms with van der Waals surface area (Å²) < 4.78 is 43.4. The topological polar surface area (TPSA) is 58.6 Å². The number of benzene rings is 2. The minimum atomic E-state index is -4.35. The lowest BCUT2D eigenvalue weighted by Gasteiger charge is -2.34. The van der Waals surface area contributed by atoms with Crippen molar-refractivity contribution in [2.45, 2.75) is 57.2 Å². The number of carbonyl (C=O) groups excluding carboxylic acids is 2. The van der Waals surface area contributed by atoms with Crippen molar-refractivity contribution in [3.8, 4) is 0 Å². The van der Waals surface area contributed by atoms with Crippen LogP contribution in [-0.4, -0.2) is 38.1 Å². The molecule has 0 radical (unpaired) electrons. The highest BCUT2D eigenvalue weighted by Crippen LogP contribution is 2.33. The first-order valence-electron chi connectivity index (χ1n) is 12.7. The van der Waals surface area contributed by atoms with Crippen LogP contribution < -0.4 is 10.2 Å². The number of nitrogens with zero attached hydrogens (tertiary/aromatic N) is 1. The second kappa shape index (κ2) is 11.8. The molecule has 2 aromatic carbocycles. The van der Waals surface area contributed by atoms with E-state index in [1.165, 1.54) is 19.2 Å². The van der Waals surface area contributed by atoms with Crippen molar-refractivity contribution in [2.75, 3.05) is 25.1 Å². The van der Waals surface area contributed by atoms with Gasteiger partial charge in [-0.2, -0.15) is 13.2 Å². The zero-order valence-corrected chi connectivity index (χ0v) is 21.6. The van der Waals surface area contributed by atoms with Crippen molar-refractivity contribution < 1.29 is 27.5 Å². The molecule has 0 aromatic heterocycles. The molecular formula is C28H32ClF3N2O3. The van der Waals surface area contributed by atoms with Crippen LogP contribution in [0, 0.1) is 11.8 Å². The normalized spacial score (nSPS) is 20.6. The van der Waals surface area contributed by atoms with Crippen molar-refractivity contribution in [1.82, 2.24) is 5.32 Å². The van der Waals surface area contributed by atoms with Crippen LogP contribution in [0.2, 0.25) is 5.02 Å². The summed E-state index contributed by atoms with van der Waals surface area (Å²) in [6, 6.07) is 10.5. The molecule has 9 heteroatoms. The minimum absolute atomic E-state index is 0.0574. The molecule has 1 saturated heterocycles. The van der Waals surface area contributed by atoms with E-state index in [0.29, 0.717) is 48.9 Å². The Bertz CT molecular complexity index is 1100. The van der Waals surface area contributed by atoms with Crippen molar-refractivity contribution >= 4 is 29.2 Å². The molecule has 0 spiro atoms. The van der Waals surface area contributed by atoms with E-state index in [1.54, 1.807) is 18.2 Å². The quantitative estimate of drug-likeness (QED) is 0.423. The van der Waals surface area contributed by atoms with E-state index in [1.807, 2.05) is 4.90 Å². The van der Waals surface area contributed by atoms with Crippen LogP contribution >= 0.6 is 11.6 Å². The van der Waals surface area contributed by atoms with Gasteiger partial charge < -0.3 is 15.0 Å². The minimum Gasteiger partial charge on any atom is -0.465 e. The van der Waals surface area contributed by atoms with Crippen LogP contribution in [0.5, 0.6) is 0 Å². The highest BCUT2D eigenvalue weighted by Gasteiger charge is 2.33. The van der Waals surface area contributed by atoms with E-state index in [-0.39, 0.29) is 23.8 Å². The fourth-order valence-corrected chi connectivity index (χ4v) is 5.75. The molecule has 5 nitrogen and oxygen atoms in total. The third-order valence-electron chi connectivity index (χ3n) is 7.67. The molecule has 0 bridgehead atoms. The Labute approximate surface area is 220 Å². The van der Waals surface area contributed by atoms with Crippen LogP contribution in [0.4, 0.5) is 18.9 Å².